The van der Waals surface area contributed by atoms with Crippen LogP contribution < -0.4 is 31.9 Å². The molecule has 0 aromatic rings. The van der Waals surface area contributed by atoms with E-state index in [2.05, 4.69) is 38.8 Å². The molecule has 3 saturated heterocycles. The van der Waals surface area contributed by atoms with Gasteiger partial charge in [-0.15, -0.1) is 0 Å². The summed E-state index contributed by atoms with van der Waals surface area (Å²) in [6.45, 7) is 5.47. The maximum atomic E-state index is 12.9. The van der Waals surface area contributed by atoms with Gasteiger partial charge in [-0.25, -0.2) is 8.78 Å². The van der Waals surface area contributed by atoms with E-state index in [4.69, 9.17) is 4.74 Å². The lowest BCUT2D eigenvalue weighted by atomic mass is 9.82. The molecule has 4 aliphatic rings. The van der Waals surface area contributed by atoms with Crippen LogP contribution >= 0.6 is 0 Å². The van der Waals surface area contributed by atoms with Crippen LogP contribution in [0.4, 0.5) is 8.78 Å². The normalized spacial score (nSPS) is 39.6. The van der Waals surface area contributed by atoms with Crippen molar-refractivity contribution in [3.05, 3.63) is 0 Å². The highest BCUT2D eigenvalue weighted by Gasteiger charge is 2.35. The SMILES string of the molecule is CC1CCC(NC(=O)C2CCC(OCC(F)F)NC2)CC1NC1NCCC(C2CCCNC2)N1. The first-order chi connectivity index (χ1) is 16.5. The number of alkyl halides is 2. The zero-order chi connectivity index (χ0) is 23.9. The molecule has 0 spiro atoms. The molecule has 6 N–H and O–H groups in total. The molecule has 8 unspecified atom stereocenters. The van der Waals surface area contributed by atoms with Gasteiger partial charge >= 0.3 is 0 Å². The quantitative estimate of drug-likeness (QED) is 0.306. The highest BCUT2D eigenvalue weighted by atomic mass is 19.3. The van der Waals surface area contributed by atoms with Crippen molar-refractivity contribution in [2.75, 3.05) is 32.8 Å². The van der Waals surface area contributed by atoms with Crippen LogP contribution in [0.15, 0.2) is 0 Å². The van der Waals surface area contributed by atoms with Crippen LogP contribution in [0.1, 0.15) is 58.3 Å². The van der Waals surface area contributed by atoms with Gasteiger partial charge in [0, 0.05) is 24.7 Å². The summed E-state index contributed by atoms with van der Waals surface area (Å²) in [7, 11) is 0. The van der Waals surface area contributed by atoms with Gasteiger partial charge in [-0.1, -0.05) is 6.92 Å². The van der Waals surface area contributed by atoms with Gasteiger partial charge in [0.2, 0.25) is 5.91 Å². The molecule has 1 aliphatic carbocycles. The Bertz CT molecular complexity index is 631. The highest BCUT2D eigenvalue weighted by Crippen LogP contribution is 2.26. The molecule has 3 heterocycles. The van der Waals surface area contributed by atoms with Gasteiger partial charge < -0.3 is 15.4 Å². The van der Waals surface area contributed by atoms with Crippen molar-refractivity contribution in [2.24, 2.45) is 17.8 Å². The van der Waals surface area contributed by atoms with E-state index in [0.29, 0.717) is 43.3 Å². The molecule has 0 aromatic heterocycles. The molecule has 0 radical (unpaired) electrons. The highest BCUT2D eigenvalue weighted by molar-refractivity contribution is 5.79. The number of halogens is 2. The molecule has 8 nitrogen and oxygen atoms in total. The summed E-state index contributed by atoms with van der Waals surface area (Å²) in [4.78, 5) is 12.9. The van der Waals surface area contributed by atoms with Crippen molar-refractivity contribution in [3.63, 3.8) is 0 Å². The fourth-order valence-electron chi connectivity index (χ4n) is 6.04. The van der Waals surface area contributed by atoms with Crippen molar-refractivity contribution in [1.29, 1.82) is 0 Å². The summed E-state index contributed by atoms with van der Waals surface area (Å²) in [6, 6.07) is 1.04. The predicted molar refractivity (Wildman–Crippen MR) is 127 cm³/mol. The van der Waals surface area contributed by atoms with Crippen molar-refractivity contribution >= 4 is 5.91 Å². The van der Waals surface area contributed by atoms with Crippen LogP contribution in [-0.2, 0) is 9.53 Å². The minimum absolute atomic E-state index is 0.0666. The Kier molecular flexibility index (Phi) is 9.90. The average Bonchev–Trinajstić information content (AvgIpc) is 2.86. The Morgan fingerprint density at radius 2 is 1.94 bits per heavy atom. The first-order valence-electron chi connectivity index (χ1n) is 13.4. The number of carbonyl (C=O) groups is 1. The lowest BCUT2D eigenvalue weighted by Crippen LogP contribution is -2.66. The first-order valence-corrected chi connectivity index (χ1v) is 13.4. The number of carbonyl (C=O) groups excluding carboxylic acids is 1. The monoisotopic (exact) mass is 486 g/mol. The summed E-state index contributed by atoms with van der Waals surface area (Å²) >= 11 is 0. The van der Waals surface area contributed by atoms with Crippen LogP contribution in [0, 0.1) is 17.8 Å². The lowest BCUT2D eigenvalue weighted by molar-refractivity contribution is -0.128. The Hall–Kier alpha value is -0.910. The topological polar surface area (TPSA) is 98.5 Å². The number of amides is 1. The van der Waals surface area contributed by atoms with E-state index in [0.717, 1.165) is 45.3 Å². The molecule has 34 heavy (non-hydrogen) atoms. The van der Waals surface area contributed by atoms with E-state index in [1.165, 1.54) is 12.8 Å². The van der Waals surface area contributed by atoms with Gasteiger partial charge in [-0.05, 0) is 82.8 Å². The average molecular weight is 487 g/mol. The molecule has 1 saturated carbocycles. The van der Waals surface area contributed by atoms with Gasteiger partial charge in [0.25, 0.3) is 6.43 Å². The largest absolute Gasteiger partial charge is 0.357 e. The molecular formula is C24H44F2N6O2. The third kappa shape index (κ3) is 7.54. The van der Waals surface area contributed by atoms with E-state index in [9.17, 15) is 13.6 Å². The van der Waals surface area contributed by atoms with Crippen molar-refractivity contribution < 1.29 is 18.3 Å². The maximum absolute atomic E-state index is 12.9. The van der Waals surface area contributed by atoms with Crippen molar-refractivity contribution in [1.82, 2.24) is 31.9 Å². The Balaban J connectivity index is 1.20. The number of ether oxygens (including phenoxy) is 1. The second-order valence-corrected chi connectivity index (χ2v) is 10.7. The molecule has 0 aromatic carbocycles. The van der Waals surface area contributed by atoms with E-state index < -0.39 is 13.0 Å². The zero-order valence-electron chi connectivity index (χ0n) is 20.5. The number of piperidine rings is 2. The van der Waals surface area contributed by atoms with Gasteiger partial charge in [0.05, 0.1) is 5.92 Å². The Labute approximate surface area is 202 Å². The number of hydrogen-bond donors (Lipinski definition) is 6. The molecular weight excluding hydrogens is 442 g/mol. The number of rotatable bonds is 8. The molecule has 8 atom stereocenters. The smallest absolute Gasteiger partial charge is 0.261 e. The standard InChI is InChI=1S/C24H44F2N6O2/c1-15-4-6-18(30-23(33)17-5-7-22(29-13-17)34-14-21(25)26)11-20(15)32-24-28-10-8-19(31-24)16-3-2-9-27-12-16/h15-22,24,27-29,31-32H,2-14H2,1H3,(H,30,33). The van der Waals surface area contributed by atoms with Gasteiger partial charge in [0.15, 0.2) is 0 Å². The third-order valence-corrected chi connectivity index (χ3v) is 8.17. The Morgan fingerprint density at radius 3 is 2.68 bits per heavy atom. The second-order valence-electron chi connectivity index (χ2n) is 10.7. The van der Waals surface area contributed by atoms with Gasteiger partial charge in [-0.2, -0.15) is 0 Å². The minimum atomic E-state index is -2.47. The van der Waals surface area contributed by atoms with E-state index in [1.54, 1.807) is 0 Å². The minimum Gasteiger partial charge on any atom is -0.357 e. The van der Waals surface area contributed by atoms with Crippen LogP contribution in [0.25, 0.3) is 0 Å². The fourth-order valence-corrected chi connectivity index (χ4v) is 6.04. The molecule has 196 valence electrons. The van der Waals surface area contributed by atoms with E-state index in [-0.39, 0.29) is 30.4 Å². The van der Waals surface area contributed by atoms with Crippen molar-refractivity contribution in [3.8, 4) is 0 Å². The molecule has 4 rings (SSSR count). The first kappa shape index (κ1) is 26.2. The summed E-state index contributed by atoms with van der Waals surface area (Å²) < 4.78 is 29.8. The van der Waals surface area contributed by atoms with Crippen molar-refractivity contribution in [2.45, 2.75) is 95.4 Å². The fraction of sp³-hybridized carbons (Fsp3) is 0.958. The Morgan fingerprint density at radius 1 is 1.06 bits per heavy atom. The predicted octanol–water partition coefficient (Wildman–Crippen LogP) is 1.09. The van der Waals surface area contributed by atoms with Crippen LogP contribution in [-0.4, -0.2) is 75.8 Å². The third-order valence-electron chi connectivity index (χ3n) is 8.17. The second kappa shape index (κ2) is 12.9. The number of nitrogens with one attached hydrogen (secondary N) is 6. The summed E-state index contributed by atoms with van der Waals surface area (Å²) in [5, 5.41) is 21.1. The van der Waals surface area contributed by atoms with E-state index in [1.807, 2.05) is 0 Å². The molecule has 3 aliphatic heterocycles. The molecule has 1 amide bonds. The molecule has 0 bridgehead atoms. The molecule has 4 fully saturated rings. The maximum Gasteiger partial charge on any atom is 0.261 e. The van der Waals surface area contributed by atoms with Gasteiger partial charge in [-0.3, -0.25) is 26.1 Å². The van der Waals surface area contributed by atoms with Gasteiger partial charge in [0.1, 0.15) is 19.1 Å². The summed E-state index contributed by atoms with van der Waals surface area (Å²) in [6.07, 6.45) is 5.20. The summed E-state index contributed by atoms with van der Waals surface area (Å²) in [5.41, 5.74) is 0. The molecule has 10 heteroatoms. The zero-order valence-corrected chi connectivity index (χ0v) is 20.5. The van der Waals surface area contributed by atoms with E-state index >= 15 is 0 Å². The lowest BCUT2D eigenvalue weighted by Gasteiger charge is -2.43. The number of hydrogen-bond acceptors (Lipinski definition) is 7. The summed E-state index contributed by atoms with van der Waals surface area (Å²) in [5.74, 6) is 1.18. The van der Waals surface area contributed by atoms with Crippen LogP contribution in [0.2, 0.25) is 0 Å². The van der Waals surface area contributed by atoms with Crippen LogP contribution in [0.5, 0.6) is 0 Å². The van der Waals surface area contributed by atoms with Crippen LogP contribution in [0.3, 0.4) is 0 Å².